The van der Waals surface area contributed by atoms with Crippen LogP contribution in [0.1, 0.15) is 29.5 Å². The molecule has 9 heteroatoms. The zero-order valence-electron chi connectivity index (χ0n) is 15.3. The van der Waals surface area contributed by atoms with Gasteiger partial charge in [-0.2, -0.15) is 0 Å². The van der Waals surface area contributed by atoms with Crippen LogP contribution in [0.4, 0.5) is 5.95 Å². The summed E-state index contributed by atoms with van der Waals surface area (Å²) in [7, 11) is -3.78. The van der Waals surface area contributed by atoms with Gasteiger partial charge < -0.3 is 9.26 Å². The summed E-state index contributed by atoms with van der Waals surface area (Å²) < 4.78 is 38.0. The van der Waals surface area contributed by atoms with Crippen LogP contribution in [-0.4, -0.2) is 23.5 Å². The lowest BCUT2D eigenvalue weighted by molar-refractivity contribution is 0.301. The molecule has 3 rings (SSSR count). The van der Waals surface area contributed by atoms with E-state index < -0.39 is 10.0 Å². The van der Waals surface area contributed by atoms with Gasteiger partial charge in [-0.1, -0.05) is 12.1 Å². The molecule has 0 fully saturated rings. The smallest absolute Gasteiger partial charge is 0.264 e. The molecule has 27 heavy (non-hydrogen) atoms. The fraction of sp³-hybridized carbons (Fsp3) is 0.278. The number of nitrogens with zero attached hydrogens (tertiary/aromatic N) is 3. The SMILES string of the molecule is CCc1cnc(NS(=O)(=O)c2ccc(OCc3c(C)noc3C)cc2)nc1. The van der Waals surface area contributed by atoms with Crippen LogP contribution >= 0.6 is 0 Å². The van der Waals surface area contributed by atoms with Crippen molar-refractivity contribution in [1.29, 1.82) is 0 Å². The molecule has 1 N–H and O–H groups in total. The summed E-state index contributed by atoms with van der Waals surface area (Å²) in [5, 5.41) is 3.87. The summed E-state index contributed by atoms with van der Waals surface area (Å²) in [6.07, 6.45) is 3.97. The quantitative estimate of drug-likeness (QED) is 0.663. The molecule has 0 saturated carbocycles. The second kappa shape index (κ2) is 7.75. The molecule has 0 aliphatic rings. The lowest BCUT2D eigenvalue weighted by atomic mass is 10.2. The van der Waals surface area contributed by atoms with Crippen LogP contribution in [0.15, 0.2) is 46.1 Å². The number of aryl methyl sites for hydroxylation is 3. The lowest BCUT2D eigenvalue weighted by Gasteiger charge is -2.09. The molecule has 0 aliphatic heterocycles. The van der Waals surface area contributed by atoms with Gasteiger partial charge in [0.25, 0.3) is 10.0 Å². The molecule has 0 aliphatic carbocycles. The van der Waals surface area contributed by atoms with Crippen LogP contribution in [0.25, 0.3) is 0 Å². The average Bonchev–Trinajstić information content (AvgIpc) is 2.98. The fourth-order valence-corrected chi connectivity index (χ4v) is 3.31. The maximum atomic E-state index is 12.4. The third kappa shape index (κ3) is 4.43. The molecule has 2 aromatic heterocycles. The third-order valence-electron chi connectivity index (χ3n) is 4.04. The Balaban J connectivity index is 1.68. The number of nitrogens with one attached hydrogen (secondary N) is 1. The Morgan fingerprint density at radius 1 is 1.11 bits per heavy atom. The molecule has 0 amide bonds. The Morgan fingerprint density at radius 2 is 1.78 bits per heavy atom. The molecule has 3 aromatic rings. The first-order valence-corrected chi connectivity index (χ1v) is 9.85. The van der Waals surface area contributed by atoms with E-state index in [0.717, 1.165) is 23.2 Å². The molecule has 142 valence electrons. The van der Waals surface area contributed by atoms with Crippen molar-refractivity contribution >= 4 is 16.0 Å². The predicted molar refractivity (Wildman–Crippen MR) is 99.0 cm³/mol. The van der Waals surface area contributed by atoms with Gasteiger partial charge >= 0.3 is 0 Å². The highest BCUT2D eigenvalue weighted by molar-refractivity contribution is 7.92. The van der Waals surface area contributed by atoms with Crippen molar-refractivity contribution in [2.24, 2.45) is 0 Å². The van der Waals surface area contributed by atoms with E-state index in [1.54, 1.807) is 24.5 Å². The second-order valence-corrected chi connectivity index (χ2v) is 7.62. The van der Waals surface area contributed by atoms with E-state index in [4.69, 9.17) is 9.26 Å². The van der Waals surface area contributed by atoms with Crippen molar-refractivity contribution in [3.05, 3.63) is 59.2 Å². The number of benzene rings is 1. The lowest BCUT2D eigenvalue weighted by Crippen LogP contribution is -2.15. The highest BCUT2D eigenvalue weighted by Gasteiger charge is 2.16. The number of aromatic nitrogens is 3. The number of rotatable bonds is 7. The minimum atomic E-state index is -3.78. The van der Waals surface area contributed by atoms with Gasteiger partial charge in [0.05, 0.1) is 16.2 Å². The summed E-state index contributed by atoms with van der Waals surface area (Å²) in [4.78, 5) is 8.12. The van der Waals surface area contributed by atoms with E-state index in [2.05, 4.69) is 19.8 Å². The predicted octanol–water partition coefficient (Wildman–Crippen LogP) is 3.02. The summed E-state index contributed by atoms with van der Waals surface area (Å²) in [5.74, 6) is 1.27. The van der Waals surface area contributed by atoms with Crippen molar-refractivity contribution in [2.45, 2.75) is 38.7 Å². The first-order valence-electron chi connectivity index (χ1n) is 8.37. The molecular formula is C18H20N4O4S. The zero-order chi connectivity index (χ0) is 19.4. The number of sulfonamides is 1. The topological polar surface area (TPSA) is 107 Å². The number of hydrogen-bond acceptors (Lipinski definition) is 7. The van der Waals surface area contributed by atoms with Crippen LogP contribution in [0, 0.1) is 13.8 Å². The molecule has 0 saturated heterocycles. The van der Waals surface area contributed by atoms with E-state index >= 15 is 0 Å². The van der Waals surface area contributed by atoms with Gasteiger partial charge in [-0.3, -0.25) is 0 Å². The van der Waals surface area contributed by atoms with Crippen LogP contribution < -0.4 is 9.46 Å². The Labute approximate surface area is 157 Å². The Kier molecular flexibility index (Phi) is 5.41. The van der Waals surface area contributed by atoms with Gasteiger partial charge in [0.2, 0.25) is 5.95 Å². The molecule has 8 nitrogen and oxygen atoms in total. The summed E-state index contributed by atoms with van der Waals surface area (Å²) in [6, 6.07) is 6.11. The highest BCUT2D eigenvalue weighted by atomic mass is 32.2. The first kappa shape index (κ1) is 18.8. The normalized spacial score (nSPS) is 11.4. The van der Waals surface area contributed by atoms with Crippen LogP contribution in [-0.2, 0) is 23.1 Å². The Bertz CT molecular complexity index is 993. The van der Waals surface area contributed by atoms with Crippen molar-refractivity contribution in [3.63, 3.8) is 0 Å². The van der Waals surface area contributed by atoms with E-state index in [9.17, 15) is 8.42 Å². The Morgan fingerprint density at radius 3 is 2.33 bits per heavy atom. The minimum Gasteiger partial charge on any atom is -0.489 e. The molecule has 0 radical (unpaired) electrons. The number of hydrogen-bond donors (Lipinski definition) is 1. The number of anilines is 1. The van der Waals surface area contributed by atoms with E-state index in [1.165, 1.54) is 12.1 Å². The van der Waals surface area contributed by atoms with Crippen molar-refractivity contribution < 1.29 is 17.7 Å². The van der Waals surface area contributed by atoms with E-state index in [1.807, 2.05) is 20.8 Å². The van der Waals surface area contributed by atoms with Gasteiger partial charge in [-0.25, -0.2) is 23.1 Å². The van der Waals surface area contributed by atoms with E-state index in [0.29, 0.717) is 18.1 Å². The van der Waals surface area contributed by atoms with Crippen molar-refractivity contribution in [1.82, 2.24) is 15.1 Å². The number of ether oxygens (including phenoxy) is 1. The summed E-state index contributed by atoms with van der Waals surface area (Å²) in [5.41, 5.74) is 2.57. The third-order valence-corrected chi connectivity index (χ3v) is 5.38. The monoisotopic (exact) mass is 388 g/mol. The average molecular weight is 388 g/mol. The van der Waals surface area contributed by atoms with Gasteiger partial charge in [0.15, 0.2) is 0 Å². The summed E-state index contributed by atoms with van der Waals surface area (Å²) >= 11 is 0. The first-order chi connectivity index (χ1) is 12.9. The molecule has 0 bridgehead atoms. The maximum absolute atomic E-state index is 12.4. The van der Waals surface area contributed by atoms with Crippen molar-refractivity contribution in [3.8, 4) is 5.75 Å². The minimum absolute atomic E-state index is 0.0333. The largest absolute Gasteiger partial charge is 0.489 e. The zero-order valence-corrected chi connectivity index (χ0v) is 16.1. The molecule has 0 unspecified atom stereocenters. The maximum Gasteiger partial charge on any atom is 0.264 e. The van der Waals surface area contributed by atoms with Crippen molar-refractivity contribution in [2.75, 3.05) is 4.72 Å². The fourth-order valence-electron chi connectivity index (χ4n) is 2.35. The molecule has 0 atom stereocenters. The molecule has 0 spiro atoms. The van der Waals surface area contributed by atoms with Gasteiger partial charge in [0.1, 0.15) is 18.1 Å². The Hall–Kier alpha value is -2.94. The molecule has 2 heterocycles. The summed E-state index contributed by atoms with van der Waals surface area (Å²) in [6.45, 7) is 5.92. The van der Waals surface area contributed by atoms with Crippen LogP contribution in [0.3, 0.4) is 0 Å². The molecular weight excluding hydrogens is 368 g/mol. The van der Waals surface area contributed by atoms with Gasteiger partial charge in [0, 0.05) is 12.4 Å². The standard InChI is InChI=1S/C18H20N4O4S/c1-4-14-9-19-18(20-10-14)22-27(23,24)16-7-5-15(6-8-16)25-11-17-12(2)21-26-13(17)3/h5-10H,4,11H2,1-3H3,(H,19,20,22). The van der Waals surface area contributed by atoms with Crippen LogP contribution in [0.2, 0.25) is 0 Å². The highest BCUT2D eigenvalue weighted by Crippen LogP contribution is 2.20. The van der Waals surface area contributed by atoms with Crippen LogP contribution in [0.5, 0.6) is 5.75 Å². The van der Waals surface area contributed by atoms with Gasteiger partial charge in [-0.05, 0) is 50.1 Å². The second-order valence-electron chi connectivity index (χ2n) is 5.94. The van der Waals surface area contributed by atoms with E-state index in [-0.39, 0.29) is 10.8 Å². The molecule has 1 aromatic carbocycles. The van der Waals surface area contributed by atoms with Gasteiger partial charge in [-0.15, -0.1) is 0 Å².